The van der Waals surface area contributed by atoms with E-state index in [1.165, 1.54) is 22.9 Å². The number of thiophene rings is 1. The Kier molecular flexibility index (Phi) is 5.62. The molecule has 2 saturated heterocycles. The number of rotatable bonds is 6. The summed E-state index contributed by atoms with van der Waals surface area (Å²) in [7, 11) is 0. The van der Waals surface area contributed by atoms with E-state index in [9.17, 15) is 9.59 Å². The Hall–Kier alpha value is -2.34. The summed E-state index contributed by atoms with van der Waals surface area (Å²) in [5.74, 6) is -1.83. The molecule has 30 heavy (non-hydrogen) atoms. The number of fused-ring (bicyclic) bond motifs is 1. The Morgan fingerprint density at radius 1 is 1.27 bits per heavy atom. The third-order valence-electron chi connectivity index (χ3n) is 4.74. The molecule has 4 atom stereocenters. The van der Waals surface area contributed by atoms with E-state index in [0.717, 1.165) is 4.88 Å². The van der Waals surface area contributed by atoms with Gasteiger partial charge in [0.15, 0.2) is 17.7 Å². The summed E-state index contributed by atoms with van der Waals surface area (Å²) in [5, 5.41) is 10.2. The third kappa shape index (κ3) is 3.85. The third-order valence-corrected chi connectivity index (χ3v) is 5.61. The molecule has 0 unspecified atom stereocenters. The van der Waals surface area contributed by atoms with Crippen LogP contribution in [0.5, 0.6) is 0 Å². The van der Waals surface area contributed by atoms with Crippen LogP contribution in [0.3, 0.4) is 0 Å². The van der Waals surface area contributed by atoms with Gasteiger partial charge >= 0.3 is 11.9 Å². The van der Waals surface area contributed by atoms with Gasteiger partial charge in [-0.15, -0.1) is 16.4 Å². The van der Waals surface area contributed by atoms with Gasteiger partial charge in [-0.05, 0) is 32.2 Å². The maximum atomic E-state index is 12.5. The molecular formula is C19H23N3O7S. The van der Waals surface area contributed by atoms with Crippen LogP contribution in [-0.4, -0.2) is 64.2 Å². The summed E-state index contributed by atoms with van der Waals surface area (Å²) < 4.78 is 30.0. The number of carbonyl (C=O) groups excluding carboxylic acids is 2. The van der Waals surface area contributed by atoms with Gasteiger partial charge in [-0.3, -0.25) is 4.79 Å². The topological polar surface area (TPSA) is 111 Å². The molecule has 10 nitrogen and oxygen atoms in total. The Labute approximate surface area is 177 Å². The Morgan fingerprint density at radius 2 is 2.03 bits per heavy atom. The van der Waals surface area contributed by atoms with Crippen LogP contribution >= 0.6 is 11.3 Å². The standard InChI is InChI=1S/C19H23N3O7S/c1-5-25-18(24)13-14(12-7-6-8-30-12)22(21-20-13)17-16-15(28-19(3,4)29-16)11(27-17)9-26-10(2)23/h6-8,11,15-17H,5,9H2,1-4H3/t11-,15-,16-,17-/m1/s1. The zero-order valence-corrected chi connectivity index (χ0v) is 17.9. The van der Waals surface area contributed by atoms with Crippen LogP contribution in [0.1, 0.15) is 44.4 Å². The van der Waals surface area contributed by atoms with Gasteiger partial charge in [-0.25, -0.2) is 9.48 Å². The molecule has 4 rings (SSSR count). The molecule has 2 aromatic heterocycles. The van der Waals surface area contributed by atoms with Gasteiger partial charge in [-0.2, -0.15) is 0 Å². The van der Waals surface area contributed by atoms with Crippen molar-refractivity contribution in [2.45, 2.75) is 58.0 Å². The highest BCUT2D eigenvalue weighted by Gasteiger charge is 2.57. The molecule has 2 aliphatic rings. The molecule has 0 amide bonds. The van der Waals surface area contributed by atoms with E-state index in [1.807, 2.05) is 17.5 Å². The van der Waals surface area contributed by atoms with E-state index in [2.05, 4.69) is 10.3 Å². The highest BCUT2D eigenvalue weighted by atomic mass is 32.1. The van der Waals surface area contributed by atoms with Gasteiger partial charge < -0.3 is 23.7 Å². The predicted octanol–water partition coefficient (Wildman–Crippen LogP) is 2.16. The number of esters is 2. The highest BCUT2D eigenvalue weighted by molar-refractivity contribution is 7.13. The average Bonchev–Trinajstić information content (AvgIpc) is 3.42. The zero-order chi connectivity index (χ0) is 21.5. The lowest BCUT2D eigenvalue weighted by atomic mass is 10.1. The van der Waals surface area contributed by atoms with Crippen molar-refractivity contribution >= 4 is 23.3 Å². The van der Waals surface area contributed by atoms with Gasteiger partial charge in [0.25, 0.3) is 0 Å². The summed E-state index contributed by atoms with van der Waals surface area (Å²) in [6.45, 7) is 6.89. The Bertz CT molecular complexity index is 927. The van der Waals surface area contributed by atoms with E-state index in [4.69, 9.17) is 23.7 Å². The second-order valence-electron chi connectivity index (χ2n) is 7.36. The highest BCUT2D eigenvalue weighted by Crippen LogP contribution is 2.44. The van der Waals surface area contributed by atoms with Crippen LogP contribution in [0.25, 0.3) is 10.6 Å². The SMILES string of the molecule is CCOC(=O)c1nnn([C@@H]2O[C@H](COC(C)=O)[C@H]3OC(C)(C)O[C@H]32)c1-c1cccs1. The van der Waals surface area contributed by atoms with Gasteiger partial charge in [0.2, 0.25) is 0 Å². The largest absolute Gasteiger partial charge is 0.463 e. The normalized spacial score (nSPS) is 27.1. The molecule has 0 bridgehead atoms. The quantitative estimate of drug-likeness (QED) is 0.628. The van der Waals surface area contributed by atoms with Gasteiger partial charge in [0.1, 0.15) is 30.6 Å². The van der Waals surface area contributed by atoms with Crippen molar-refractivity contribution in [3.8, 4) is 10.6 Å². The molecule has 162 valence electrons. The molecule has 2 aliphatic heterocycles. The van der Waals surface area contributed by atoms with E-state index in [-0.39, 0.29) is 18.9 Å². The molecular weight excluding hydrogens is 414 g/mol. The fourth-order valence-corrected chi connectivity index (χ4v) is 4.40. The summed E-state index contributed by atoms with van der Waals surface area (Å²) in [4.78, 5) is 24.5. The van der Waals surface area contributed by atoms with Crippen LogP contribution in [0.4, 0.5) is 0 Å². The van der Waals surface area contributed by atoms with Gasteiger partial charge in [0.05, 0.1) is 11.5 Å². The number of hydrogen-bond donors (Lipinski definition) is 0. The second kappa shape index (κ2) is 8.06. The summed E-state index contributed by atoms with van der Waals surface area (Å²) in [6.07, 6.45) is -2.30. The van der Waals surface area contributed by atoms with Crippen LogP contribution in [-0.2, 0) is 28.5 Å². The summed E-state index contributed by atoms with van der Waals surface area (Å²) >= 11 is 1.44. The van der Waals surface area contributed by atoms with Crippen molar-refractivity contribution in [1.82, 2.24) is 15.0 Å². The molecule has 0 aromatic carbocycles. The van der Waals surface area contributed by atoms with Crippen molar-refractivity contribution in [1.29, 1.82) is 0 Å². The first-order chi connectivity index (χ1) is 14.3. The van der Waals surface area contributed by atoms with Crippen LogP contribution in [0.2, 0.25) is 0 Å². The first-order valence-electron chi connectivity index (χ1n) is 9.61. The van der Waals surface area contributed by atoms with Crippen molar-refractivity contribution in [2.24, 2.45) is 0 Å². The number of hydrogen-bond acceptors (Lipinski definition) is 10. The number of carbonyl (C=O) groups is 2. The molecule has 0 aliphatic carbocycles. The maximum absolute atomic E-state index is 12.5. The first-order valence-corrected chi connectivity index (χ1v) is 10.5. The molecule has 2 fully saturated rings. The minimum Gasteiger partial charge on any atom is -0.463 e. The lowest BCUT2D eigenvalue weighted by Gasteiger charge is -2.24. The van der Waals surface area contributed by atoms with E-state index < -0.39 is 42.3 Å². The van der Waals surface area contributed by atoms with Crippen molar-refractivity contribution in [3.63, 3.8) is 0 Å². The molecule has 11 heteroatoms. The second-order valence-corrected chi connectivity index (χ2v) is 8.31. The van der Waals surface area contributed by atoms with Crippen LogP contribution in [0, 0.1) is 0 Å². The zero-order valence-electron chi connectivity index (χ0n) is 17.1. The van der Waals surface area contributed by atoms with Crippen LogP contribution in [0.15, 0.2) is 17.5 Å². The minimum absolute atomic E-state index is 0.0141. The van der Waals surface area contributed by atoms with Crippen molar-refractivity contribution < 1.29 is 33.3 Å². The Morgan fingerprint density at radius 3 is 2.70 bits per heavy atom. The first kappa shape index (κ1) is 20.9. The molecule has 0 N–H and O–H groups in total. The number of aromatic nitrogens is 3. The van der Waals surface area contributed by atoms with Crippen LogP contribution < -0.4 is 0 Å². The molecule has 4 heterocycles. The predicted molar refractivity (Wildman–Crippen MR) is 104 cm³/mol. The Balaban J connectivity index is 1.72. The van der Waals surface area contributed by atoms with Crippen molar-refractivity contribution in [3.05, 3.63) is 23.2 Å². The van der Waals surface area contributed by atoms with Gasteiger partial charge in [0, 0.05) is 6.92 Å². The number of nitrogens with zero attached hydrogens (tertiary/aromatic N) is 3. The fourth-order valence-electron chi connectivity index (χ4n) is 3.64. The molecule has 0 spiro atoms. The lowest BCUT2D eigenvalue weighted by Crippen LogP contribution is -2.33. The van der Waals surface area contributed by atoms with E-state index in [0.29, 0.717) is 5.69 Å². The fraction of sp³-hybridized carbons (Fsp3) is 0.579. The van der Waals surface area contributed by atoms with E-state index in [1.54, 1.807) is 20.8 Å². The monoisotopic (exact) mass is 437 g/mol. The lowest BCUT2D eigenvalue weighted by molar-refractivity contribution is -0.203. The van der Waals surface area contributed by atoms with E-state index >= 15 is 0 Å². The summed E-state index contributed by atoms with van der Waals surface area (Å²) in [6, 6.07) is 3.73. The molecule has 2 aromatic rings. The van der Waals surface area contributed by atoms with Gasteiger partial charge in [-0.1, -0.05) is 11.3 Å². The van der Waals surface area contributed by atoms with Crippen molar-refractivity contribution in [2.75, 3.05) is 13.2 Å². The molecule has 0 radical (unpaired) electrons. The molecule has 0 saturated carbocycles. The maximum Gasteiger partial charge on any atom is 0.361 e. The summed E-state index contributed by atoms with van der Waals surface area (Å²) in [5.41, 5.74) is 0.578. The average molecular weight is 437 g/mol. The minimum atomic E-state index is -0.848. The smallest absolute Gasteiger partial charge is 0.361 e. The number of ether oxygens (including phenoxy) is 5.